The molecule has 0 spiro atoms. The van der Waals surface area contributed by atoms with Gasteiger partial charge in [0.05, 0.1) is 12.0 Å². The van der Waals surface area contributed by atoms with Crippen molar-refractivity contribution >= 4 is 27.5 Å². The molecule has 0 saturated heterocycles. The topological polar surface area (TPSA) is 73.1 Å². The summed E-state index contributed by atoms with van der Waals surface area (Å²) in [5.41, 5.74) is 2.46. The van der Waals surface area contributed by atoms with Gasteiger partial charge in [-0.25, -0.2) is 10.8 Å². The standard InChI is InChI=1S/C12H16N4OS/c1-3-5-6-17-10-9-7-8(4-2)18-11(9)15-12(14-10)16-13/h3,7H,1,4-6,13H2,2H3,(H,14,15,16). The Hall–Kier alpha value is -1.66. The third-order valence-corrected chi connectivity index (χ3v) is 3.62. The molecule has 96 valence electrons. The van der Waals surface area contributed by atoms with E-state index in [9.17, 15) is 0 Å². The van der Waals surface area contributed by atoms with E-state index in [1.165, 1.54) is 4.88 Å². The van der Waals surface area contributed by atoms with Crippen molar-refractivity contribution < 1.29 is 4.74 Å². The van der Waals surface area contributed by atoms with Gasteiger partial charge in [-0.1, -0.05) is 13.0 Å². The van der Waals surface area contributed by atoms with Crippen LogP contribution in [0.3, 0.4) is 0 Å². The molecular weight excluding hydrogens is 248 g/mol. The van der Waals surface area contributed by atoms with Crippen molar-refractivity contribution in [1.29, 1.82) is 0 Å². The molecule has 0 aliphatic heterocycles. The zero-order chi connectivity index (χ0) is 13.0. The summed E-state index contributed by atoms with van der Waals surface area (Å²) in [6, 6.07) is 2.07. The number of anilines is 1. The van der Waals surface area contributed by atoms with Crippen molar-refractivity contribution in [1.82, 2.24) is 9.97 Å². The number of thiophene rings is 1. The quantitative estimate of drug-likeness (QED) is 0.363. The number of nitrogen functional groups attached to an aromatic ring is 1. The summed E-state index contributed by atoms with van der Waals surface area (Å²) >= 11 is 1.63. The maximum atomic E-state index is 5.65. The molecule has 0 bridgehead atoms. The van der Waals surface area contributed by atoms with Crippen LogP contribution in [0.1, 0.15) is 18.2 Å². The lowest BCUT2D eigenvalue weighted by Crippen LogP contribution is -2.11. The van der Waals surface area contributed by atoms with Gasteiger partial charge in [-0.3, -0.25) is 5.43 Å². The Balaban J connectivity index is 2.40. The van der Waals surface area contributed by atoms with Gasteiger partial charge in [0.15, 0.2) is 0 Å². The van der Waals surface area contributed by atoms with Gasteiger partial charge in [0, 0.05) is 4.88 Å². The van der Waals surface area contributed by atoms with Crippen LogP contribution in [0.25, 0.3) is 10.2 Å². The molecule has 2 rings (SSSR count). The number of aryl methyl sites for hydroxylation is 1. The fourth-order valence-electron chi connectivity index (χ4n) is 1.53. The van der Waals surface area contributed by atoms with Crippen molar-refractivity contribution in [3.05, 3.63) is 23.6 Å². The van der Waals surface area contributed by atoms with Crippen molar-refractivity contribution in [2.75, 3.05) is 12.0 Å². The monoisotopic (exact) mass is 264 g/mol. The van der Waals surface area contributed by atoms with Crippen LogP contribution < -0.4 is 16.0 Å². The molecule has 0 saturated carbocycles. The Morgan fingerprint density at radius 2 is 2.39 bits per heavy atom. The predicted octanol–water partition coefficient (Wildman–Crippen LogP) is 2.49. The normalized spacial score (nSPS) is 10.6. The molecule has 0 radical (unpaired) electrons. The van der Waals surface area contributed by atoms with Gasteiger partial charge >= 0.3 is 0 Å². The third kappa shape index (κ3) is 2.60. The van der Waals surface area contributed by atoms with E-state index in [1.54, 1.807) is 11.3 Å². The van der Waals surface area contributed by atoms with Crippen molar-refractivity contribution in [2.24, 2.45) is 5.84 Å². The van der Waals surface area contributed by atoms with E-state index in [0.29, 0.717) is 18.4 Å². The van der Waals surface area contributed by atoms with E-state index in [2.05, 4.69) is 35.0 Å². The van der Waals surface area contributed by atoms with Gasteiger partial charge in [-0.05, 0) is 18.9 Å². The lowest BCUT2D eigenvalue weighted by molar-refractivity contribution is 0.317. The number of hydrogen-bond acceptors (Lipinski definition) is 6. The Labute approximate surface area is 110 Å². The van der Waals surface area contributed by atoms with Crippen LogP contribution in [0.5, 0.6) is 5.88 Å². The lowest BCUT2D eigenvalue weighted by atomic mass is 10.3. The number of rotatable bonds is 6. The van der Waals surface area contributed by atoms with Crippen LogP contribution in [0.4, 0.5) is 5.95 Å². The lowest BCUT2D eigenvalue weighted by Gasteiger charge is -2.06. The molecule has 0 fully saturated rings. The first-order valence-corrected chi connectivity index (χ1v) is 6.61. The van der Waals surface area contributed by atoms with E-state index in [4.69, 9.17) is 10.6 Å². The minimum absolute atomic E-state index is 0.376. The average molecular weight is 264 g/mol. The van der Waals surface area contributed by atoms with E-state index in [1.807, 2.05) is 6.08 Å². The SMILES string of the molecule is C=CCCOc1nc(NN)nc2sc(CC)cc12. The van der Waals surface area contributed by atoms with Crippen LogP contribution in [0.2, 0.25) is 0 Å². The van der Waals surface area contributed by atoms with Gasteiger partial charge in [0.25, 0.3) is 0 Å². The highest BCUT2D eigenvalue weighted by molar-refractivity contribution is 7.18. The first kappa shape index (κ1) is 12.8. The molecule has 0 aliphatic carbocycles. The molecule has 6 heteroatoms. The molecule has 2 heterocycles. The number of nitrogens with zero attached hydrogens (tertiary/aromatic N) is 2. The summed E-state index contributed by atoms with van der Waals surface area (Å²) in [6.07, 6.45) is 3.56. The molecule has 0 aromatic carbocycles. The third-order valence-electron chi connectivity index (χ3n) is 2.45. The zero-order valence-electron chi connectivity index (χ0n) is 10.3. The Morgan fingerprint density at radius 1 is 1.56 bits per heavy atom. The van der Waals surface area contributed by atoms with Crippen LogP contribution >= 0.6 is 11.3 Å². The average Bonchev–Trinajstić information content (AvgIpc) is 2.81. The van der Waals surface area contributed by atoms with E-state index in [-0.39, 0.29) is 0 Å². The second-order valence-electron chi connectivity index (χ2n) is 3.71. The minimum Gasteiger partial charge on any atom is -0.477 e. The van der Waals surface area contributed by atoms with Gasteiger partial charge < -0.3 is 4.74 Å². The molecule has 2 aromatic rings. The summed E-state index contributed by atoms with van der Waals surface area (Å²) in [5.74, 6) is 6.31. The highest BCUT2D eigenvalue weighted by atomic mass is 32.1. The Morgan fingerprint density at radius 3 is 3.06 bits per heavy atom. The summed E-state index contributed by atoms with van der Waals surface area (Å²) in [7, 11) is 0. The highest BCUT2D eigenvalue weighted by Gasteiger charge is 2.11. The zero-order valence-corrected chi connectivity index (χ0v) is 11.1. The van der Waals surface area contributed by atoms with Gasteiger partial charge in [-0.15, -0.1) is 17.9 Å². The van der Waals surface area contributed by atoms with Gasteiger partial charge in [0.1, 0.15) is 4.83 Å². The first-order valence-electron chi connectivity index (χ1n) is 5.79. The number of ether oxygens (including phenoxy) is 1. The minimum atomic E-state index is 0.376. The number of fused-ring (bicyclic) bond motifs is 1. The largest absolute Gasteiger partial charge is 0.477 e. The predicted molar refractivity (Wildman–Crippen MR) is 74.9 cm³/mol. The number of hydrazine groups is 1. The summed E-state index contributed by atoms with van der Waals surface area (Å²) < 4.78 is 5.65. The first-order chi connectivity index (χ1) is 8.78. The molecular formula is C12H16N4OS. The maximum absolute atomic E-state index is 5.65. The molecule has 0 amide bonds. The maximum Gasteiger partial charge on any atom is 0.241 e. The number of aromatic nitrogens is 2. The molecule has 2 aromatic heterocycles. The van der Waals surface area contributed by atoms with Crippen molar-refractivity contribution in [3.8, 4) is 5.88 Å². The second-order valence-corrected chi connectivity index (χ2v) is 4.82. The van der Waals surface area contributed by atoms with Crippen molar-refractivity contribution in [2.45, 2.75) is 19.8 Å². The summed E-state index contributed by atoms with van der Waals surface area (Å²) in [6.45, 7) is 6.32. The Kier molecular flexibility index (Phi) is 4.11. The van der Waals surface area contributed by atoms with E-state index < -0.39 is 0 Å². The van der Waals surface area contributed by atoms with Crippen LogP contribution in [-0.2, 0) is 6.42 Å². The van der Waals surface area contributed by atoms with E-state index in [0.717, 1.165) is 23.1 Å². The highest BCUT2D eigenvalue weighted by Crippen LogP contribution is 2.31. The molecule has 18 heavy (non-hydrogen) atoms. The summed E-state index contributed by atoms with van der Waals surface area (Å²) in [5, 5.41) is 0.944. The van der Waals surface area contributed by atoms with Crippen LogP contribution in [0.15, 0.2) is 18.7 Å². The molecule has 5 nitrogen and oxygen atoms in total. The van der Waals surface area contributed by atoms with E-state index >= 15 is 0 Å². The number of hydrogen-bond donors (Lipinski definition) is 2. The molecule has 0 aliphatic rings. The fraction of sp³-hybridized carbons (Fsp3) is 0.333. The second kappa shape index (κ2) is 5.79. The van der Waals surface area contributed by atoms with Crippen LogP contribution in [0, 0.1) is 0 Å². The smallest absolute Gasteiger partial charge is 0.241 e. The molecule has 0 atom stereocenters. The number of nitrogens with two attached hydrogens (primary N) is 1. The molecule has 0 unspecified atom stereocenters. The van der Waals surface area contributed by atoms with Gasteiger partial charge in [-0.2, -0.15) is 4.98 Å². The van der Waals surface area contributed by atoms with Gasteiger partial charge in [0.2, 0.25) is 11.8 Å². The Bertz CT molecular complexity index is 552. The molecule has 3 N–H and O–H groups in total. The summed E-state index contributed by atoms with van der Waals surface area (Å²) in [4.78, 5) is 10.7. The van der Waals surface area contributed by atoms with Crippen molar-refractivity contribution in [3.63, 3.8) is 0 Å². The fourth-order valence-corrected chi connectivity index (χ4v) is 2.49. The number of nitrogens with one attached hydrogen (secondary N) is 1. The van der Waals surface area contributed by atoms with Crippen LogP contribution in [-0.4, -0.2) is 16.6 Å².